The molecule has 7 heteroatoms. The third kappa shape index (κ3) is 8.07. The van der Waals surface area contributed by atoms with E-state index >= 15 is 0 Å². The number of carbonyl (C=O) groups is 2. The fourth-order valence-electron chi connectivity index (χ4n) is 3.01. The Hall–Kier alpha value is -2.83. The molecule has 0 saturated carbocycles. The zero-order chi connectivity index (χ0) is 23.4. The van der Waals surface area contributed by atoms with Crippen molar-refractivity contribution in [1.82, 2.24) is 10.2 Å². The Bertz CT molecular complexity index is 889. The number of carbonyl (C=O) groups excluding carboxylic acids is 2. The first-order chi connectivity index (χ1) is 14.2. The second kappa shape index (κ2) is 9.54. The molecule has 170 valence electrons. The van der Waals surface area contributed by atoms with E-state index in [1.54, 1.807) is 41.5 Å². The van der Waals surface area contributed by atoms with Gasteiger partial charge in [-0.1, -0.05) is 24.3 Å². The summed E-state index contributed by atoms with van der Waals surface area (Å²) in [5.41, 5.74) is 3.58. The van der Waals surface area contributed by atoms with E-state index in [0.29, 0.717) is 13.1 Å². The van der Waals surface area contributed by atoms with E-state index in [1.165, 1.54) is 22.3 Å². The Labute approximate surface area is 185 Å². The maximum absolute atomic E-state index is 12.3. The van der Waals surface area contributed by atoms with Crippen LogP contribution in [0.3, 0.4) is 0 Å². The lowest BCUT2D eigenvalue weighted by Gasteiger charge is -2.30. The lowest BCUT2D eigenvalue weighted by Crippen LogP contribution is -2.48. The van der Waals surface area contributed by atoms with Crippen LogP contribution in [0.2, 0.25) is 0 Å². The molecule has 0 saturated heterocycles. The van der Waals surface area contributed by atoms with Crippen LogP contribution >= 0.6 is 0 Å². The molecule has 1 aliphatic heterocycles. The van der Waals surface area contributed by atoms with Crippen molar-refractivity contribution in [3.8, 4) is 0 Å². The van der Waals surface area contributed by atoms with Crippen LogP contribution in [0.15, 0.2) is 29.3 Å². The molecule has 0 spiro atoms. The van der Waals surface area contributed by atoms with Crippen LogP contribution in [-0.2, 0) is 9.47 Å². The fourth-order valence-corrected chi connectivity index (χ4v) is 3.01. The molecular weight excluding hydrogens is 394 g/mol. The van der Waals surface area contributed by atoms with E-state index < -0.39 is 23.4 Å². The molecule has 1 heterocycles. The molecule has 0 unspecified atom stereocenters. The molecule has 0 fully saturated rings. The number of rotatable bonds is 1. The van der Waals surface area contributed by atoms with Crippen molar-refractivity contribution in [1.29, 1.82) is 0 Å². The van der Waals surface area contributed by atoms with Crippen molar-refractivity contribution in [3.05, 3.63) is 41.0 Å². The summed E-state index contributed by atoms with van der Waals surface area (Å²) in [5, 5.41) is 2.62. The Morgan fingerprint density at radius 3 is 2.16 bits per heavy atom. The zero-order valence-electron chi connectivity index (χ0n) is 20.0. The van der Waals surface area contributed by atoms with Gasteiger partial charge in [0.05, 0.1) is 0 Å². The number of benzene rings is 1. The topological polar surface area (TPSA) is 80.2 Å². The smallest absolute Gasteiger partial charge is 0.437 e. The summed E-state index contributed by atoms with van der Waals surface area (Å²) < 4.78 is 10.6. The number of hydrogen-bond donors (Lipinski definition) is 1. The minimum atomic E-state index is -0.762. The second-order valence-corrected chi connectivity index (χ2v) is 9.77. The maximum Gasteiger partial charge on any atom is 0.437 e. The molecule has 1 aromatic rings. The van der Waals surface area contributed by atoms with E-state index in [4.69, 9.17) is 9.47 Å². The van der Waals surface area contributed by atoms with Gasteiger partial charge in [-0.25, -0.2) is 9.59 Å². The molecule has 2 rings (SSSR count). The van der Waals surface area contributed by atoms with Crippen molar-refractivity contribution in [2.45, 2.75) is 73.0 Å². The van der Waals surface area contributed by atoms with Crippen molar-refractivity contribution in [3.63, 3.8) is 0 Å². The van der Waals surface area contributed by atoms with Gasteiger partial charge in [-0.15, -0.1) is 4.99 Å². The van der Waals surface area contributed by atoms with Gasteiger partial charge in [0.15, 0.2) is 0 Å². The summed E-state index contributed by atoms with van der Waals surface area (Å²) in [5.74, 6) is 0.124. The van der Waals surface area contributed by atoms with Gasteiger partial charge >= 0.3 is 12.2 Å². The minimum absolute atomic E-state index is 0.124. The van der Waals surface area contributed by atoms with E-state index in [2.05, 4.69) is 48.4 Å². The highest BCUT2D eigenvalue weighted by atomic mass is 16.6. The quantitative estimate of drug-likeness (QED) is 0.490. The number of nitrogens with zero attached hydrogens (tertiary/aromatic N) is 2. The molecule has 2 amide bonds. The molecule has 0 bridgehead atoms. The number of hydrogen-bond acceptors (Lipinski definition) is 4. The van der Waals surface area contributed by atoms with Crippen LogP contribution < -0.4 is 5.32 Å². The van der Waals surface area contributed by atoms with E-state index in [9.17, 15) is 9.59 Å². The third-order valence-corrected chi connectivity index (χ3v) is 4.59. The van der Waals surface area contributed by atoms with E-state index in [0.717, 1.165) is 6.42 Å². The Balaban J connectivity index is 2.21. The molecule has 1 aromatic carbocycles. The predicted molar refractivity (Wildman–Crippen MR) is 123 cm³/mol. The predicted octanol–water partition coefficient (Wildman–Crippen LogP) is 5.21. The van der Waals surface area contributed by atoms with Gasteiger partial charge in [0.25, 0.3) is 0 Å². The summed E-state index contributed by atoms with van der Waals surface area (Å²) in [7, 11) is 0. The highest BCUT2D eigenvalue weighted by Crippen LogP contribution is 2.24. The van der Waals surface area contributed by atoms with Crippen LogP contribution in [0, 0.1) is 13.8 Å². The first kappa shape index (κ1) is 24.4. The van der Waals surface area contributed by atoms with Gasteiger partial charge in [0.1, 0.15) is 11.2 Å². The fraction of sp³-hybridized carbons (Fsp3) is 0.542. The van der Waals surface area contributed by atoms with E-state index in [-0.39, 0.29) is 5.96 Å². The van der Waals surface area contributed by atoms with Crippen LogP contribution in [-0.4, -0.2) is 47.3 Å². The van der Waals surface area contributed by atoms with Crippen LogP contribution in [0.4, 0.5) is 9.59 Å². The lowest BCUT2D eigenvalue weighted by molar-refractivity contribution is 0.0555. The molecule has 1 aliphatic rings. The van der Waals surface area contributed by atoms with Crippen molar-refractivity contribution >= 4 is 23.7 Å². The average molecular weight is 430 g/mol. The number of amides is 2. The summed E-state index contributed by atoms with van der Waals surface area (Å²) in [4.78, 5) is 30.5. The van der Waals surface area contributed by atoms with Crippen molar-refractivity contribution in [2.75, 3.05) is 13.1 Å². The molecule has 0 aliphatic carbocycles. The van der Waals surface area contributed by atoms with Crippen LogP contribution in [0.25, 0.3) is 5.57 Å². The molecular formula is C24H35N3O4. The Morgan fingerprint density at radius 1 is 1.00 bits per heavy atom. The lowest BCUT2D eigenvalue weighted by atomic mass is 9.96. The number of guanidine groups is 1. The molecule has 0 atom stereocenters. The molecule has 7 nitrogen and oxygen atoms in total. The SMILES string of the molecule is Cc1ccc(C2=CCN(C(=NC(=O)OC(C)(C)C)NC(=O)OC(C)(C)C)CC2)cc1C. The van der Waals surface area contributed by atoms with Gasteiger partial charge < -0.3 is 14.4 Å². The van der Waals surface area contributed by atoms with Gasteiger partial charge in [-0.2, -0.15) is 0 Å². The second-order valence-electron chi connectivity index (χ2n) is 9.77. The Morgan fingerprint density at radius 2 is 1.65 bits per heavy atom. The summed E-state index contributed by atoms with van der Waals surface area (Å²) >= 11 is 0. The summed E-state index contributed by atoms with van der Waals surface area (Å²) in [6.45, 7) is 15.9. The zero-order valence-corrected chi connectivity index (χ0v) is 20.0. The Kier molecular flexibility index (Phi) is 7.52. The monoisotopic (exact) mass is 429 g/mol. The first-order valence-electron chi connectivity index (χ1n) is 10.6. The minimum Gasteiger partial charge on any atom is -0.444 e. The largest absolute Gasteiger partial charge is 0.444 e. The molecule has 1 N–H and O–H groups in total. The van der Waals surface area contributed by atoms with E-state index in [1.807, 2.05) is 4.90 Å². The third-order valence-electron chi connectivity index (χ3n) is 4.59. The standard InChI is InChI=1S/C24H35N3O4/c1-16-9-10-19(15-17(16)2)18-11-13-27(14-12-18)20(25-21(28)30-23(3,4)5)26-22(29)31-24(6,7)8/h9-11,15H,12-14H2,1-8H3,(H,25,26,28,29). The first-order valence-corrected chi connectivity index (χ1v) is 10.6. The normalized spacial score (nSPS) is 15.3. The number of alkyl carbamates (subject to hydrolysis) is 1. The van der Waals surface area contributed by atoms with Crippen molar-refractivity contribution < 1.29 is 19.1 Å². The average Bonchev–Trinajstić information content (AvgIpc) is 2.60. The summed E-state index contributed by atoms with van der Waals surface area (Å²) in [6, 6.07) is 6.43. The van der Waals surface area contributed by atoms with Crippen LogP contribution in [0.5, 0.6) is 0 Å². The maximum atomic E-state index is 12.3. The molecule has 31 heavy (non-hydrogen) atoms. The number of nitrogens with one attached hydrogen (secondary N) is 1. The van der Waals surface area contributed by atoms with Gasteiger partial charge in [0.2, 0.25) is 5.96 Å². The number of aliphatic imine (C=N–C) groups is 1. The number of aryl methyl sites for hydroxylation is 2. The van der Waals surface area contributed by atoms with Crippen LogP contribution in [0.1, 0.15) is 64.7 Å². The van der Waals surface area contributed by atoms with Crippen molar-refractivity contribution in [2.24, 2.45) is 4.99 Å². The van der Waals surface area contributed by atoms with Gasteiger partial charge in [-0.05, 0) is 84.1 Å². The van der Waals surface area contributed by atoms with Gasteiger partial charge in [-0.3, -0.25) is 5.32 Å². The number of ether oxygens (including phenoxy) is 2. The highest BCUT2D eigenvalue weighted by Gasteiger charge is 2.24. The molecule has 0 aromatic heterocycles. The molecule has 0 radical (unpaired) electrons. The highest BCUT2D eigenvalue weighted by molar-refractivity contribution is 5.99. The summed E-state index contributed by atoms with van der Waals surface area (Å²) in [6.07, 6.45) is 1.42. The van der Waals surface area contributed by atoms with Gasteiger partial charge in [0, 0.05) is 13.1 Å².